The molecule has 0 atom stereocenters. The number of carbonyl (C=O) groups excluding carboxylic acids is 1. The molecular weight excluding hydrogens is 384 g/mol. The standard InChI is InChI=1S/C22H36N4O2S/c27-21(17-25-9-7-24(8-10-25)16-20-4-15-29-18-20)23-19-22(5-2-1-3-6-22)26-11-13-28-14-12-26/h4,15,18H,1-3,5-14,16-17,19H2,(H,23,27). The van der Waals surface area contributed by atoms with Gasteiger partial charge in [-0.25, -0.2) is 0 Å². The fraction of sp³-hybridized carbons (Fsp3) is 0.773. The van der Waals surface area contributed by atoms with Gasteiger partial charge in [0.25, 0.3) is 0 Å². The Balaban J connectivity index is 1.21. The van der Waals surface area contributed by atoms with Crippen LogP contribution in [0.1, 0.15) is 37.7 Å². The lowest BCUT2D eigenvalue weighted by molar-refractivity contribution is -0.124. The SMILES string of the molecule is O=C(CN1CCN(Cc2ccsc2)CC1)NCC1(N2CCOCC2)CCCCC1. The fourth-order valence-electron chi connectivity index (χ4n) is 5.12. The van der Waals surface area contributed by atoms with Crippen molar-refractivity contribution in [3.63, 3.8) is 0 Å². The monoisotopic (exact) mass is 420 g/mol. The van der Waals surface area contributed by atoms with Gasteiger partial charge in [-0.05, 0) is 35.2 Å². The van der Waals surface area contributed by atoms with Gasteiger partial charge in [0.05, 0.1) is 19.8 Å². The van der Waals surface area contributed by atoms with Crippen LogP contribution in [0.3, 0.4) is 0 Å². The van der Waals surface area contributed by atoms with Crippen LogP contribution in [-0.4, -0.2) is 91.7 Å². The summed E-state index contributed by atoms with van der Waals surface area (Å²) in [5.41, 5.74) is 1.55. The molecular formula is C22H36N4O2S. The first-order valence-electron chi connectivity index (χ1n) is 11.3. The van der Waals surface area contributed by atoms with Gasteiger partial charge in [-0.1, -0.05) is 19.3 Å². The quantitative estimate of drug-likeness (QED) is 0.731. The highest BCUT2D eigenvalue weighted by molar-refractivity contribution is 7.07. The minimum absolute atomic E-state index is 0.150. The second kappa shape index (κ2) is 10.4. The average molecular weight is 421 g/mol. The topological polar surface area (TPSA) is 48.1 Å². The number of nitrogens with zero attached hydrogens (tertiary/aromatic N) is 3. The van der Waals surface area contributed by atoms with Crippen LogP contribution in [0, 0.1) is 0 Å². The Kier molecular flexibility index (Phi) is 7.59. The van der Waals surface area contributed by atoms with Crippen molar-refractivity contribution in [3.05, 3.63) is 22.4 Å². The summed E-state index contributed by atoms with van der Waals surface area (Å²) >= 11 is 1.76. The predicted octanol–water partition coefficient (Wildman–Crippen LogP) is 2.02. The summed E-state index contributed by atoms with van der Waals surface area (Å²) in [6.07, 6.45) is 6.29. The highest BCUT2D eigenvalue weighted by Gasteiger charge is 2.38. The zero-order chi connectivity index (χ0) is 19.9. The van der Waals surface area contributed by atoms with Crippen molar-refractivity contribution in [3.8, 4) is 0 Å². The molecule has 4 rings (SSSR count). The number of ether oxygens (including phenoxy) is 1. The Hall–Kier alpha value is -0.990. The van der Waals surface area contributed by atoms with Crippen LogP contribution in [-0.2, 0) is 16.1 Å². The molecule has 1 aromatic heterocycles. The van der Waals surface area contributed by atoms with Crippen LogP contribution in [0.15, 0.2) is 16.8 Å². The number of rotatable bonds is 7. The van der Waals surface area contributed by atoms with Crippen LogP contribution in [0.2, 0.25) is 0 Å². The first kappa shape index (κ1) is 21.2. The van der Waals surface area contributed by atoms with E-state index in [0.29, 0.717) is 6.54 Å². The highest BCUT2D eigenvalue weighted by atomic mass is 32.1. The molecule has 0 unspecified atom stereocenters. The Bertz CT molecular complexity index is 619. The van der Waals surface area contributed by atoms with Gasteiger partial charge < -0.3 is 10.1 Å². The van der Waals surface area contributed by atoms with E-state index in [4.69, 9.17) is 4.74 Å². The van der Waals surface area contributed by atoms with Gasteiger partial charge in [0, 0.05) is 57.9 Å². The molecule has 2 saturated heterocycles. The van der Waals surface area contributed by atoms with Crippen LogP contribution in [0.4, 0.5) is 0 Å². The van der Waals surface area contributed by atoms with Gasteiger partial charge in [0.2, 0.25) is 5.91 Å². The summed E-state index contributed by atoms with van der Waals surface area (Å²) in [7, 11) is 0. The molecule has 0 bridgehead atoms. The van der Waals surface area contributed by atoms with E-state index in [1.54, 1.807) is 11.3 Å². The minimum Gasteiger partial charge on any atom is -0.379 e. The molecule has 0 spiro atoms. The molecule has 1 aliphatic carbocycles. The summed E-state index contributed by atoms with van der Waals surface area (Å²) in [6, 6.07) is 2.21. The van der Waals surface area contributed by atoms with Crippen molar-refractivity contribution in [1.82, 2.24) is 20.0 Å². The Morgan fingerprint density at radius 1 is 1.03 bits per heavy atom. The normalized spacial score (nSPS) is 24.4. The highest BCUT2D eigenvalue weighted by Crippen LogP contribution is 2.33. The maximum atomic E-state index is 12.7. The number of nitrogens with one attached hydrogen (secondary N) is 1. The summed E-state index contributed by atoms with van der Waals surface area (Å²) < 4.78 is 5.56. The van der Waals surface area contributed by atoms with Crippen molar-refractivity contribution < 1.29 is 9.53 Å². The van der Waals surface area contributed by atoms with E-state index in [1.807, 2.05) is 0 Å². The molecule has 0 aromatic carbocycles. The van der Waals surface area contributed by atoms with Gasteiger partial charge >= 0.3 is 0 Å². The van der Waals surface area contributed by atoms with Gasteiger partial charge in [0.15, 0.2) is 0 Å². The number of thiophene rings is 1. The summed E-state index contributed by atoms with van der Waals surface area (Å²) in [4.78, 5) is 20.1. The predicted molar refractivity (Wildman–Crippen MR) is 117 cm³/mol. The minimum atomic E-state index is 0.150. The van der Waals surface area contributed by atoms with Crippen molar-refractivity contribution in [2.24, 2.45) is 0 Å². The molecule has 2 aliphatic heterocycles. The van der Waals surface area contributed by atoms with Crippen LogP contribution >= 0.6 is 11.3 Å². The maximum Gasteiger partial charge on any atom is 0.234 e. The zero-order valence-corrected chi connectivity index (χ0v) is 18.4. The van der Waals surface area contributed by atoms with Crippen molar-refractivity contribution in [1.29, 1.82) is 0 Å². The molecule has 0 radical (unpaired) electrons. The molecule has 1 N–H and O–H groups in total. The van der Waals surface area contributed by atoms with Gasteiger partial charge in [-0.15, -0.1) is 0 Å². The third-order valence-corrected chi connectivity index (χ3v) is 7.63. The average Bonchev–Trinajstić information content (AvgIpc) is 3.28. The Morgan fingerprint density at radius 2 is 1.76 bits per heavy atom. The Morgan fingerprint density at radius 3 is 2.45 bits per heavy atom. The van der Waals surface area contributed by atoms with Crippen LogP contribution in [0.25, 0.3) is 0 Å². The number of amides is 1. The third-order valence-electron chi connectivity index (χ3n) is 6.90. The second-order valence-electron chi connectivity index (χ2n) is 8.85. The van der Waals surface area contributed by atoms with Gasteiger partial charge in [-0.3, -0.25) is 19.5 Å². The number of piperazine rings is 1. The largest absolute Gasteiger partial charge is 0.379 e. The molecule has 3 fully saturated rings. The van der Waals surface area contributed by atoms with E-state index in [2.05, 4.69) is 36.8 Å². The third kappa shape index (κ3) is 5.79. The summed E-state index contributed by atoms with van der Waals surface area (Å²) in [6.45, 7) is 10.1. The molecule has 162 valence electrons. The molecule has 29 heavy (non-hydrogen) atoms. The summed E-state index contributed by atoms with van der Waals surface area (Å²) in [5.74, 6) is 0.189. The molecule has 3 heterocycles. The Labute approximate surface area is 179 Å². The molecule has 1 aromatic rings. The van der Waals surface area contributed by atoms with Crippen molar-refractivity contribution in [2.75, 3.05) is 65.6 Å². The molecule has 7 heteroatoms. The lowest BCUT2D eigenvalue weighted by Gasteiger charge is -2.48. The first-order valence-corrected chi connectivity index (χ1v) is 12.2. The lowest BCUT2D eigenvalue weighted by Crippen LogP contribution is -2.60. The van der Waals surface area contributed by atoms with Crippen molar-refractivity contribution >= 4 is 17.2 Å². The second-order valence-corrected chi connectivity index (χ2v) is 9.63. The smallest absolute Gasteiger partial charge is 0.234 e. The number of hydrogen-bond donors (Lipinski definition) is 1. The number of carbonyl (C=O) groups is 1. The lowest BCUT2D eigenvalue weighted by atomic mass is 9.79. The first-order chi connectivity index (χ1) is 14.2. The van der Waals surface area contributed by atoms with Crippen molar-refractivity contribution in [2.45, 2.75) is 44.2 Å². The zero-order valence-electron chi connectivity index (χ0n) is 17.6. The van der Waals surface area contributed by atoms with E-state index in [9.17, 15) is 4.79 Å². The fourth-order valence-corrected chi connectivity index (χ4v) is 5.78. The maximum absolute atomic E-state index is 12.7. The number of morpholine rings is 1. The molecule has 1 saturated carbocycles. The van der Waals surface area contributed by atoms with Crippen LogP contribution < -0.4 is 5.32 Å². The molecule has 6 nitrogen and oxygen atoms in total. The van der Waals surface area contributed by atoms with E-state index in [-0.39, 0.29) is 11.4 Å². The number of hydrogen-bond acceptors (Lipinski definition) is 6. The van der Waals surface area contributed by atoms with Crippen LogP contribution in [0.5, 0.6) is 0 Å². The van der Waals surface area contributed by atoms with E-state index >= 15 is 0 Å². The summed E-state index contributed by atoms with van der Waals surface area (Å²) in [5, 5.41) is 7.69. The van der Waals surface area contributed by atoms with E-state index in [0.717, 1.165) is 65.6 Å². The molecule has 3 aliphatic rings. The molecule has 1 amide bonds. The van der Waals surface area contributed by atoms with E-state index in [1.165, 1.54) is 37.7 Å². The van der Waals surface area contributed by atoms with Gasteiger partial charge in [0.1, 0.15) is 0 Å². The van der Waals surface area contributed by atoms with E-state index < -0.39 is 0 Å². The van der Waals surface area contributed by atoms with Gasteiger partial charge in [-0.2, -0.15) is 11.3 Å².